The second kappa shape index (κ2) is 6.45. The van der Waals surface area contributed by atoms with Crippen molar-refractivity contribution in [3.05, 3.63) is 47.1 Å². The molecule has 0 aliphatic rings. The van der Waals surface area contributed by atoms with Gasteiger partial charge >= 0.3 is 0 Å². The summed E-state index contributed by atoms with van der Waals surface area (Å²) in [6.07, 6.45) is 0. The van der Waals surface area contributed by atoms with Crippen molar-refractivity contribution >= 4 is 23.1 Å². The standard InChI is InChI=1S/C14H17ClN4O/c1-19(12-5-3-4-6-13(12)20-2)9-11-10(15)7-8-14(17-11)18-16/h3-8H,9,16H2,1-2H3,(H,17,18). The second-order valence-corrected chi connectivity index (χ2v) is 4.70. The van der Waals surface area contributed by atoms with Gasteiger partial charge in [0, 0.05) is 7.05 Å². The third kappa shape index (κ3) is 3.12. The van der Waals surface area contributed by atoms with Crippen molar-refractivity contribution in [1.29, 1.82) is 0 Å². The summed E-state index contributed by atoms with van der Waals surface area (Å²) in [6, 6.07) is 11.3. The highest BCUT2D eigenvalue weighted by Gasteiger charge is 2.11. The highest BCUT2D eigenvalue weighted by atomic mass is 35.5. The molecule has 0 atom stereocenters. The normalized spacial score (nSPS) is 10.2. The van der Waals surface area contributed by atoms with E-state index >= 15 is 0 Å². The van der Waals surface area contributed by atoms with Crippen LogP contribution < -0.4 is 20.9 Å². The van der Waals surface area contributed by atoms with E-state index in [-0.39, 0.29) is 0 Å². The van der Waals surface area contributed by atoms with Crippen LogP contribution in [0.2, 0.25) is 5.02 Å². The molecule has 20 heavy (non-hydrogen) atoms. The molecule has 5 nitrogen and oxygen atoms in total. The van der Waals surface area contributed by atoms with Gasteiger partial charge in [0.2, 0.25) is 0 Å². The molecule has 0 fully saturated rings. The highest BCUT2D eigenvalue weighted by molar-refractivity contribution is 6.31. The lowest BCUT2D eigenvalue weighted by atomic mass is 10.2. The number of anilines is 2. The molecule has 6 heteroatoms. The fourth-order valence-electron chi connectivity index (χ4n) is 1.93. The first-order valence-electron chi connectivity index (χ1n) is 6.12. The van der Waals surface area contributed by atoms with E-state index in [9.17, 15) is 0 Å². The third-order valence-electron chi connectivity index (χ3n) is 2.95. The van der Waals surface area contributed by atoms with Crippen LogP contribution in [0, 0.1) is 0 Å². The summed E-state index contributed by atoms with van der Waals surface area (Å²) < 4.78 is 5.35. The Bertz CT molecular complexity index is 591. The average molecular weight is 293 g/mol. The molecule has 0 spiro atoms. The van der Waals surface area contributed by atoms with Crippen LogP contribution in [0.1, 0.15) is 5.69 Å². The van der Waals surface area contributed by atoms with Crippen LogP contribution in [-0.2, 0) is 6.54 Å². The molecular formula is C14H17ClN4O. The van der Waals surface area contributed by atoms with E-state index in [1.165, 1.54) is 0 Å². The molecule has 1 heterocycles. The number of methoxy groups -OCH3 is 1. The van der Waals surface area contributed by atoms with E-state index in [2.05, 4.69) is 10.4 Å². The number of para-hydroxylation sites is 2. The van der Waals surface area contributed by atoms with Crippen molar-refractivity contribution in [3.8, 4) is 5.75 Å². The molecular weight excluding hydrogens is 276 g/mol. The minimum absolute atomic E-state index is 0.550. The molecule has 0 saturated heterocycles. The fraction of sp³-hybridized carbons (Fsp3) is 0.214. The van der Waals surface area contributed by atoms with Crippen molar-refractivity contribution in [2.24, 2.45) is 5.84 Å². The SMILES string of the molecule is COc1ccccc1N(C)Cc1nc(NN)ccc1Cl. The number of hydrogen-bond donors (Lipinski definition) is 2. The van der Waals surface area contributed by atoms with Crippen molar-refractivity contribution in [2.75, 3.05) is 24.5 Å². The number of aromatic nitrogens is 1. The van der Waals surface area contributed by atoms with E-state index in [1.54, 1.807) is 19.2 Å². The maximum Gasteiger partial charge on any atom is 0.142 e. The molecule has 0 saturated carbocycles. The van der Waals surface area contributed by atoms with Crippen LogP contribution in [0.3, 0.4) is 0 Å². The number of pyridine rings is 1. The van der Waals surface area contributed by atoms with E-state index in [0.717, 1.165) is 17.1 Å². The molecule has 1 aromatic carbocycles. The second-order valence-electron chi connectivity index (χ2n) is 4.30. The van der Waals surface area contributed by atoms with Gasteiger partial charge in [0.25, 0.3) is 0 Å². The largest absolute Gasteiger partial charge is 0.495 e. The van der Waals surface area contributed by atoms with Gasteiger partial charge in [-0.1, -0.05) is 23.7 Å². The number of nitrogens with zero attached hydrogens (tertiary/aromatic N) is 2. The van der Waals surface area contributed by atoms with Gasteiger partial charge in [-0.05, 0) is 24.3 Å². The lowest BCUT2D eigenvalue weighted by molar-refractivity contribution is 0.414. The number of nitrogens with two attached hydrogens (primary N) is 1. The number of halogens is 1. The zero-order chi connectivity index (χ0) is 14.5. The molecule has 0 aliphatic heterocycles. The Morgan fingerprint density at radius 1 is 1.30 bits per heavy atom. The van der Waals surface area contributed by atoms with Crippen LogP contribution in [-0.4, -0.2) is 19.1 Å². The van der Waals surface area contributed by atoms with E-state index in [1.807, 2.05) is 36.2 Å². The fourth-order valence-corrected chi connectivity index (χ4v) is 2.10. The number of rotatable bonds is 5. The van der Waals surface area contributed by atoms with E-state index < -0.39 is 0 Å². The van der Waals surface area contributed by atoms with Crippen LogP contribution in [0.4, 0.5) is 11.5 Å². The summed E-state index contributed by atoms with van der Waals surface area (Å²) in [7, 11) is 3.61. The molecule has 2 aromatic rings. The monoisotopic (exact) mass is 292 g/mol. The Morgan fingerprint density at radius 3 is 2.75 bits per heavy atom. The Hall–Kier alpha value is -1.98. The van der Waals surface area contributed by atoms with Gasteiger partial charge in [0.05, 0.1) is 30.1 Å². The number of nitrogen functional groups attached to an aromatic ring is 1. The van der Waals surface area contributed by atoms with Gasteiger partial charge in [-0.3, -0.25) is 0 Å². The summed E-state index contributed by atoms with van der Waals surface area (Å²) in [4.78, 5) is 6.38. The van der Waals surface area contributed by atoms with Crippen molar-refractivity contribution in [2.45, 2.75) is 6.54 Å². The van der Waals surface area contributed by atoms with Gasteiger partial charge in [0.15, 0.2) is 0 Å². The van der Waals surface area contributed by atoms with Gasteiger partial charge < -0.3 is 15.1 Å². The number of benzene rings is 1. The molecule has 0 aliphatic carbocycles. The Labute approximate surface area is 123 Å². The zero-order valence-electron chi connectivity index (χ0n) is 11.4. The average Bonchev–Trinajstić information content (AvgIpc) is 2.49. The van der Waals surface area contributed by atoms with E-state index in [0.29, 0.717) is 17.4 Å². The molecule has 106 valence electrons. The van der Waals surface area contributed by atoms with Crippen LogP contribution in [0.5, 0.6) is 5.75 Å². The van der Waals surface area contributed by atoms with E-state index in [4.69, 9.17) is 22.2 Å². The van der Waals surface area contributed by atoms with Crippen molar-refractivity contribution in [3.63, 3.8) is 0 Å². The first-order valence-corrected chi connectivity index (χ1v) is 6.49. The summed E-state index contributed by atoms with van der Waals surface area (Å²) in [5.74, 6) is 6.75. The molecule has 0 amide bonds. The molecule has 0 bridgehead atoms. The first-order chi connectivity index (χ1) is 9.65. The van der Waals surface area contributed by atoms with Crippen molar-refractivity contribution < 1.29 is 4.74 Å². The smallest absolute Gasteiger partial charge is 0.142 e. The first kappa shape index (κ1) is 14.4. The molecule has 0 radical (unpaired) electrons. The zero-order valence-corrected chi connectivity index (χ0v) is 12.2. The van der Waals surface area contributed by atoms with Gasteiger partial charge in [0.1, 0.15) is 11.6 Å². The lowest BCUT2D eigenvalue weighted by Gasteiger charge is -2.22. The van der Waals surface area contributed by atoms with Gasteiger partial charge in [-0.25, -0.2) is 10.8 Å². The molecule has 2 rings (SSSR count). The number of nitrogens with one attached hydrogen (secondary N) is 1. The van der Waals surface area contributed by atoms with Crippen LogP contribution in [0.25, 0.3) is 0 Å². The third-order valence-corrected chi connectivity index (χ3v) is 3.29. The molecule has 0 unspecified atom stereocenters. The predicted molar refractivity (Wildman–Crippen MR) is 82.2 cm³/mol. The maximum absolute atomic E-state index is 6.17. The Morgan fingerprint density at radius 2 is 2.05 bits per heavy atom. The van der Waals surface area contributed by atoms with Crippen LogP contribution in [0.15, 0.2) is 36.4 Å². The lowest BCUT2D eigenvalue weighted by Crippen LogP contribution is -2.19. The molecule has 1 aromatic heterocycles. The summed E-state index contributed by atoms with van der Waals surface area (Å²) in [6.45, 7) is 0.550. The predicted octanol–water partition coefficient (Wildman–Crippen LogP) is 2.67. The highest BCUT2D eigenvalue weighted by Crippen LogP contribution is 2.28. The topological polar surface area (TPSA) is 63.4 Å². The summed E-state index contributed by atoms with van der Waals surface area (Å²) in [5, 5.41) is 0.603. The van der Waals surface area contributed by atoms with Crippen LogP contribution >= 0.6 is 11.6 Å². The quantitative estimate of drug-likeness (QED) is 0.655. The van der Waals surface area contributed by atoms with Gasteiger partial charge in [-0.2, -0.15) is 0 Å². The minimum Gasteiger partial charge on any atom is -0.495 e. The summed E-state index contributed by atoms with van der Waals surface area (Å²) in [5.41, 5.74) is 4.23. The maximum atomic E-state index is 6.17. The number of ether oxygens (including phenoxy) is 1. The Kier molecular flexibility index (Phi) is 4.65. The summed E-state index contributed by atoms with van der Waals surface area (Å²) >= 11 is 6.17. The van der Waals surface area contributed by atoms with Gasteiger partial charge in [-0.15, -0.1) is 0 Å². The Balaban J connectivity index is 2.25. The number of hydrogen-bond acceptors (Lipinski definition) is 5. The number of hydrazine groups is 1. The van der Waals surface area contributed by atoms with Crippen molar-refractivity contribution in [1.82, 2.24) is 4.98 Å². The minimum atomic E-state index is 0.550. The molecule has 3 N–H and O–H groups in total.